The molecule has 23 heavy (non-hydrogen) atoms. The van der Waals surface area contributed by atoms with Gasteiger partial charge in [0.2, 0.25) is 5.78 Å². The summed E-state index contributed by atoms with van der Waals surface area (Å²) in [6.45, 7) is -0.335. The van der Waals surface area contributed by atoms with Gasteiger partial charge in [-0.25, -0.2) is 4.79 Å². The van der Waals surface area contributed by atoms with Crippen LogP contribution in [0.1, 0.15) is 20.7 Å². The van der Waals surface area contributed by atoms with Crippen LogP contribution in [0.15, 0.2) is 54.7 Å². The molecule has 0 amide bonds. The summed E-state index contributed by atoms with van der Waals surface area (Å²) in [5.41, 5.74) is 1.64. The molecule has 0 aliphatic rings. The van der Waals surface area contributed by atoms with E-state index in [0.717, 1.165) is 10.9 Å². The van der Waals surface area contributed by atoms with Crippen molar-refractivity contribution in [2.75, 3.05) is 13.7 Å². The maximum atomic E-state index is 12.2. The molecule has 0 radical (unpaired) electrons. The zero-order valence-corrected chi connectivity index (χ0v) is 12.5. The number of nitrogens with one attached hydrogen (secondary N) is 1. The van der Waals surface area contributed by atoms with Gasteiger partial charge in [-0.15, -0.1) is 0 Å². The number of para-hydroxylation sites is 2. The summed E-state index contributed by atoms with van der Waals surface area (Å²) in [5, 5.41) is 0.766. The van der Waals surface area contributed by atoms with Crippen LogP contribution in [-0.2, 0) is 4.74 Å². The minimum atomic E-state index is -0.536. The van der Waals surface area contributed by atoms with E-state index in [0.29, 0.717) is 16.9 Å². The van der Waals surface area contributed by atoms with Gasteiger partial charge in [0.1, 0.15) is 5.75 Å². The number of aromatic amines is 1. The lowest BCUT2D eigenvalue weighted by Crippen LogP contribution is -2.14. The number of esters is 1. The van der Waals surface area contributed by atoms with E-state index in [-0.39, 0.29) is 12.4 Å². The smallest absolute Gasteiger partial charge is 0.340 e. The number of methoxy groups -OCH3 is 1. The molecule has 3 rings (SSSR count). The van der Waals surface area contributed by atoms with Crippen LogP contribution in [0.4, 0.5) is 0 Å². The van der Waals surface area contributed by atoms with Gasteiger partial charge in [0, 0.05) is 17.1 Å². The third kappa shape index (κ3) is 2.94. The Hall–Kier alpha value is -3.08. The van der Waals surface area contributed by atoms with E-state index >= 15 is 0 Å². The molecule has 5 heteroatoms. The average molecular weight is 309 g/mol. The summed E-state index contributed by atoms with van der Waals surface area (Å²) in [7, 11) is 1.49. The molecule has 0 aliphatic carbocycles. The lowest BCUT2D eigenvalue weighted by Gasteiger charge is -2.07. The first-order valence-electron chi connectivity index (χ1n) is 7.10. The zero-order valence-electron chi connectivity index (χ0n) is 12.5. The van der Waals surface area contributed by atoms with Crippen molar-refractivity contribution in [2.45, 2.75) is 0 Å². The van der Waals surface area contributed by atoms with Crippen molar-refractivity contribution in [2.24, 2.45) is 0 Å². The van der Waals surface area contributed by atoms with Crippen molar-refractivity contribution in [3.05, 3.63) is 65.9 Å². The highest BCUT2D eigenvalue weighted by molar-refractivity contribution is 6.06. The zero-order chi connectivity index (χ0) is 16.2. The Morgan fingerprint density at radius 3 is 2.57 bits per heavy atom. The van der Waals surface area contributed by atoms with Crippen LogP contribution in [0, 0.1) is 0 Å². The summed E-state index contributed by atoms with van der Waals surface area (Å²) >= 11 is 0. The molecule has 0 saturated carbocycles. The van der Waals surface area contributed by atoms with Gasteiger partial charge in [-0.05, 0) is 18.2 Å². The molecule has 0 bridgehead atoms. The van der Waals surface area contributed by atoms with Gasteiger partial charge in [-0.1, -0.05) is 30.3 Å². The van der Waals surface area contributed by atoms with E-state index in [1.807, 2.05) is 24.3 Å². The van der Waals surface area contributed by atoms with Crippen LogP contribution in [0.25, 0.3) is 10.9 Å². The normalized spacial score (nSPS) is 10.5. The molecular formula is C18H15NO4. The Bertz CT molecular complexity index is 866. The van der Waals surface area contributed by atoms with Crippen LogP contribution >= 0.6 is 0 Å². The molecule has 0 atom stereocenters. The second kappa shape index (κ2) is 6.36. The van der Waals surface area contributed by atoms with Crippen molar-refractivity contribution in [3.8, 4) is 5.75 Å². The highest BCUT2D eigenvalue weighted by atomic mass is 16.5. The first-order chi connectivity index (χ1) is 11.2. The maximum Gasteiger partial charge on any atom is 0.340 e. The molecule has 1 heterocycles. The number of aromatic nitrogens is 1. The van der Waals surface area contributed by atoms with E-state index in [9.17, 15) is 9.59 Å². The molecule has 0 fully saturated rings. The van der Waals surface area contributed by atoms with Gasteiger partial charge in [-0.2, -0.15) is 0 Å². The lowest BCUT2D eigenvalue weighted by atomic mass is 10.1. The summed E-state index contributed by atoms with van der Waals surface area (Å²) in [4.78, 5) is 27.4. The number of rotatable bonds is 5. The molecule has 0 aliphatic heterocycles. The number of Topliss-reactive ketones (excluding diaryl/α,β-unsaturated/α-hetero) is 1. The molecule has 1 N–H and O–H groups in total. The molecule has 116 valence electrons. The van der Waals surface area contributed by atoms with Crippen molar-refractivity contribution >= 4 is 22.7 Å². The van der Waals surface area contributed by atoms with Crippen molar-refractivity contribution in [1.29, 1.82) is 0 Å². The number of ether oxygens (including phenoxy) is 2. The number of hydrogen-bond donors (Lipinski definition) is 1. The fourth-order valence-corrected chi connectivity index (χ4v) is 2.40. The Kier molecular flexibility index (Phi) is 4.10. The highest BCUT2D eigenvalue weighted by Crippen LogP contribution is 2.20. The largest absolute Gasteiger partial charge is 0.496 e. The topological polar surface area (TPSA) is 68.4 Å². The number of carbonyl (C=O) groups is 2. The molecule has 3 aromatic rings. The summed E-state index contributed by atoms with van der Waals surface area (Å²) < 4.78 is 10.3. The Morgan fingerprint density at radius 1 is 1.00 bits per heavy atom. The maximum absolute atomic E-state index is 12.2. The minimum absolute atomic E-state index is 0.310. The number of benzene rings is 2. The quantitative estimate of drug-likeness (QED) is 0.580. The molecule has 2 aromatic carbocycles. The minimum Gasteiger partial charge on any atom is -0.496 e. The van der Waals surface area contributed by atoms with Gasteiger partial charge in [0.05, 0.1) is 18.2 Å². The Balaban J connectivity index is 1.73. The highest BCUT2D eigenvalue weighted by Gasteiger charge is 2.17. The molecule has 0 saturated heterocycles. The monoisotopic (exact) mass is 309 g/mol. The number of carbonyl (C=O) groups excluding carboxylic acids is 2. The van der Waals surface area contributed by atoms with Crippen molar-refractivity contribution in [1.82, 2.24) is 4.98 Å². The van der Waals surface area contributed by atoms with Crippen LogP contribution in [0.3, 0.4) is 0 Å². The molecule has 0 spiro atoms. The van der Waals surface area contributed by atoms with Crippen LogP contribution in [0.5, 0.6) is 5.75 Å². The van der Waals surface area contributed by atoms with Crippen molar-refractivity contribution in [3.63, 3.8) is 0 Å². The molecule has 0 unspecified atom stereocenters. The van der Waals surface area contributed by atoms with Crippen molar-refractivity contribution < 1.29 is 19.1 Å². The number of hydrogen-bond acceptors (Lipinski definition) is 4. The van der Waals surface area contributed by atoms with E-state index in [1.54, 1.807) is 30.5 Å². The molecule has 1 aromatic heterocycles. The van der Waals surface area contributed by atoms with Gasteiger partial charge < -0.3 is 14.5 Å². The number of ketones is 1. The SMILES string of the molecule is COc1ccccc1C(=O)COC(=O)c1c[nH]c2ccccc12. The summed E-state index contributed by atoms with van der Waals surface area (Å²) in [5.74, 6) is -0.387. The standard InChI is InChI=1S/C18H15NO4/c1-22-17-9-5-3-7-13(17)16(20)11-23-18(21)14-10-19-15-8-4-2-6-12(14)15/h2-10,19H,11H2,1H3. The first kappa shape index (κ1) is 14.8. The Morgan fingerprint density at radius 2 is 1.74 bits per heavy atom. The molecule has 5 nitrogen and oxygen atoms in total. The third-order valence-corrected chi connectivity index (χ3v) is 3.55. The predicted octanol–water partition coefficient (Wildman–Crippen LogP) is 3.22. The van der Waals surface area contributed by atoms with E-state index in [1.165, 1.54) is 7.11 Å². The van der Waals surface area contributed by atoms with Crippen LogP contribution in [-0.4, -0.2) is 30.5 Å². The first-order valence-corrected chi connectivity index (χ1v) is 7.10. The Labute approximate surface area is 132 Å². The number of H-pyrrole nitrogens is 1. The summed E-state index contributed by atoms with van der Waals surface area (Å²) in [6, 6.07) is 14.2. The molecular weight excluding hydrogens is 294 g/mol. The van der Waals surface area contributed by atoms with Gasteiger partial charge in [-0.3, -0.25) is 4.79 Å². The fourth-order valence-electron chi connectivity index (χ4n) is 2.40. The third-order valence-electron chi connectivity index (χ3n) is 3.55. The second-order valence-corrected chi connectivity index (χ2v) is 4.95. The van der Waals surface area contributed by atoms with E-state index in [2.05, 4.69) is 4.98 Å². The van der Waals surface area contributed by atoms with Gasteiger partial charge >= 0.3 is 5.97 Å². The van der Waals surface area contributed by atoms with Crippen LogP contribution < -0.4 is 4.74 Å². The summed E-state index contributed by atoms with van der Waals surface area (Å²) in [6.07, 6.45) is 1.58. The van der Waals surface area contributed by atoms with E-state index in [4.69, 9.17) is 9.47 Å². The lowest BCUT2D eigenvalue weighted by molar-refractivity contribution is 0.0476. The van der Waals surface area contributed by atoms with Crippen LogP contribution in [0.2, 0.25) is 0 Å². The number of fused-ring (bicyclic) bond motifs is 1. The van der Waals surface area contributed by atoms with E-state index < -0.39 is 5.97 Å². The second-order valence-electron chi connectivity index (χ2n) is 4.95. The fraction of sp³-hybridized carbons (Fsp3) is 0.111. The van der Waals surface area contributed by atoms with Gasteiger partial charge in [0.25, 0.3) is 0 Å². The van der Waals surface area contributed by atoms with Gasteiger partial charge in [0.15, 0.2) is 6.61 Å². The predicted molar refractivity (Wildman–Crippen MR) is 85.9 cm³/mol. The average Bonchev–Trinajstić information content (AvgIpc) is 3.03.